The molecule has 0 amide bonds. The maximum absolute atomic E-state index is 12.2. The number of aromatic nitrogens is 2. The van der Waals surface area contributed by atoms with Gasteiger partial charge >= 0.3 is 0 Å². The highest BCUT2D eigenvalue weighted by Gasteiger charge is 2.17. The highest BCUT2D eigenvalue weighted by molar-refractivity contribution is 7.94. The van der Waals surface area contributed by atoms with Gasteiger partial charge in [0.05, 0.1) is 0 Å². The predicted molar refractivity (Wildman–Crippen MR) is 85.2 cm³/mol. The van der Waals surface area contributed by atoms with Crippen LogP contribution in [0.3, 0.4) is 0 Å². The van der Waals surface area contributed by atoms with E-state index in [2.05, 4.69) is 22.1 Å². The molecule has 0 fully saturated rings. The highest BCUT2D eigenvalue weighted by atomic mass is 32.2. The minimum Gasteiger partial charge on any atom is -0.316 e. The first kappa shape index (κ1) is 16.0. The fourth-order valence-electron chi connectivity index (χ4n) is 1.81. The Hall–Kier alpha value is -1.38. The van der Waals surface area contributed by atoms with E-state index in [1.54, 1.807) is 30.1 Å². The third-order valence-corrected chi connectivity index (χ3v) is 5.82. The Morgan fingerprint density at radius 2 is 2.10 bits per heavy atom. The lowest BCUT2D eigenvalue weighted by molar-refractivity contribution is 0.603. The third kappa shape index (κ3) is 4.55. The first-order valence-corrected chi connectivity index (χ1v) is 9.13. The zero-order chi connectivity index (χ0) is 15.3. The number of nitrogens with one attached hydrogen (secondary N) is 2. The lowest BCUT2D eigenvalue weighted by Gasteiger charge is -2.02. The average Bonchev–Trinajstić information content (AvgIpc) is 3.04. The number of thiophene rings is 1. The van der Waals surface area contributed by atoms with Crippen LogP contribution in [0.25, 0.3) is 0 Å². The smallest absolute Gasteiger partial charge is 0.272 e. The predicted octanol–water partition coefficient (Wildman–Crippen LogP) is 1.82. The van der Waals surface area contributed by atoms with Crippen molar-refractivity contribution in [3.63, 3.8) is 0 Å². The van der Waals surface area contributed by atoms with Crippen molar-refractivity contribution in [3.05, 3.63) is 29.3 Å². The molecule has 0 aromatic carbocycles. The molecule has 2 N–H and O–H groups in total. The van der Waals surface area contributed by atoms with Gasteiger partial charge in [0.2, 0.25) is 0 Å². The second-order valence-corrected chi connectivity index (χ2v) is 7.78. The zero-order valence-corrected chi connectivity index (χ0v) is 13.8. The van der Waals surface area contributed by atoms with Crippen LogP contribution in [0.5, 0.6) is 0 Å². The first-order valence-electron chi connectivity index (χ1n) is 6.83. The summed E-state index contributed by atoms with van der Waals surface area (Å²) in [5.74, 6) is 0.331. The molecule has 0 atom stereocenters. The van der Waals surface area contributed by atoms with Gasteiger partial charge in [-0.3, -0.25) is 9.40 Å². The Balaban J connectivity index is 1.98. The monoisotopic (exact) mass is 328 g/mol. The largest absolute Gasteiger partial charge is 0.316 e. The molecule has 0 aliphatic heterocycles. The summed E-state index contributed by atoms with van der Waals surface area (Å²) in [7, 11) is -1.80. The van der Waals surface area contributed by atoms with E-state index in [0.717, 1.165) is 30.8 Å². The Morgan fingerprint density at radius 1 is 1.29 bits per heavy atom. The molecule has 2 rings (SSSR count). The van der Waals surface area contributed by atoms with Crippen LogP contribution in [0.4, 0.5) is 5.82 Å². The lowest BCUT2D eigenvalue weighted by Crippen LogP contribution is -2.17. The molecule has 0 spiro atoms. The molecule has 0 aliphatic rings. The average molecular weight is 328 g/mol. The number of sulfonamides is 1. The van der Waals surface area contributed by atoms with Crippen molar-refractivity contribution in [2.75, 3.05) is 17.8 Å². The summed E-state index contributed by atoms with van der Waals surface area (Å²) in [6.07, 6.45) is 3.62. The first-order chi connectivity index (χ1) is 10.0. The van der Waals surface area contributed by atoms with E-state index in [-0.39, 0.29) is 0 Å². The molecular weight excluding hydrogens is 308 g/mol. The van der Waals surface area contributed by atoms with Gasteiger partial charge in [0, 0.05) is 24.2 Å². The van der Waals surface area contributed by atoms with Gasteiger partial charge in [0.25, 0.3) is 10.0 Å². The molecule has 8 heteroatoms. The number of rotatable bonds is 8. The minimum absolute atomic E-state index is 0.318. The molecule has 21 heavy (non-hydrogen) atoms. The molecule has 2 aromatic heterocycles. The standard InChI is InChI=1S/C13H20N4O2S2/c1-3-8-14-9-6-11-4-5-13(20-11)21(18,19)16-12-7-10-17(2)15-12/h4-5,7,10,14H,3,6,8-9H2,1-2H3,(H,15,16). The summed E-state index contributed by atoms with van der Waals surface area (Å²) in [6.45, 7) is 3.96. The van der Waals surface area contributed by atoms with E-state index < -0.39 is 10.0 Å². The van der Waals surface area contributed by atoms with Crippen LogP contribution in [0.15, 0.2) is 28.6 Å². The van der Waals surface area contributed by atoms with Crippen molar-refractivity contribution in [1.82, 2.24) is 15.1 Å². The maximum Gasteiger partial charge on any atom is 0.272 e. The van der Waals surface area contributed by atoms with Crippen LogP contribution < -0.4 is 10.0 Å². The molecule has 0 saturated carbocycles. The number of nitrogens with zero attached hydrogens (tertiary/aromatic N) is 2. The van der Waals surface area contributed by atoms with Crippen molar-refractivity contribution in [2.24, 2.45) is 7.05 Å². The Kier molecular flexibility index (Phi) is 5.38. The maximum atomic E-state index is 12.2. The van der Waals surface area contributed by atoms with Gasteiger partial charge in [-0.1, -0.05) is 6.92 Å². The van der Waals surface area contributed by atoms with Crippen LogP contribution in [0.1, 0.15) is 18.2 Å². The summed E-state index contributed by atoms with van der Waals surface area (Å²) < 4.78 is 28.8. The topological polar surface area (TPSA) is 76.0 Å². The number of anilines is 1. The van der Waals surface area contributed by atoms with Crippen LogP contribution >= 0.6 is 11.3 Å². The molecule has 0 saturated heterocycles. The second kappa shape index (κ2) is 7.06. The van der Waals surface area contributed by atoms with E-state index in [1.807, 2.05) is 6.07 Å². The second-order valence-electron chi connectivity index (χ2n) is 4.70. The lowest BCUT2D eigenvalue weighted by atomic mass is 10.3. The molecule has 2 aromatic rings. The molecule has 0 aliphatic carbocycles. The van der Waals surface area contributed by atoms with Crippen LogP contribution in [-0.4, -0.2) is 31.3 Å². The van der Waals surface area contributed by atoms with E-state index in [1.165, 1.54) is 11.3 Å². The van der Waals surface area contributed by atoms with E-state index in [0.29, 0.717) is 10.0 Å². The quantitative estimate of drug-likeness (QED) is 0.725. The van der Waals surface area contributed by atoms with Crippen LogP contribution in [-0.2, 0) is 23.5 Å². The summed E-state index contributed by atoms with van der Waals surface area (Å²) in [5, 5.41) is 7.32. The van der Waals surface area contributed by atoms with Gasteiger partial charge in [0.1, 0.15) is 4.21 Å². The number of hydrogen-bond donors (Lipinski definition) is 2. The van der Waals surface area contributed by atoms with Crippen LogP contribution in [0, 0.1) is 0 Å². The summed E-state index contributed by atoms with van der Waals surface area (Å²) in [5.41, 5.74) is 0. The Morgan fingerprint density at radius 3 is 2.76 bits per heavy atom. The van der Waals surface area contributed by atoms with Crippen LogP contribution in [0.2, 0.25) is 0 Å². The van der Waals surface area contributed by atoms with Gasteiger partial charge in [-0.25, -0.2) is 8.42 Å². The fraction of sp³-hybridized carbons (Fsp3) is 0.462. The zero-order valence-electron chi connectivity index (χ0n) is 12.2. The van der Waals surface area contributed by atoms with E-state index >= 15 is 0 Å². The van der Waals surface area contributed by atoms with Gasteiger partial charge in [-0.15, -0.1) is 11.3 Å². The molecule has 116 valence electrons. The Labute approximate surface area is 129 Å². The van der Waals surface area contributed by atoms with Gasteiger partial charge in [0.15, 0.2) is 5.82 Å². The molecule has 0 radical (unpaired) electrons. The summed E-state index contributed by atoms with van der Waals surface area (Å²) in [4.78, 5) is 1.06. The normalized spacial score (nSPS) is 11.7. The van der Waals surface area contributed by atoms with Crippen molar-refractivity contribution < 1.29 is 8.42 Å². The molecule has 6 nitrogen and oxygen atoms in total. The SMILES string of the molecule is CCCNCCc1ccc(S(=O)(=O)Nc2ccn(C)n2)s1. The fourth-order valence-corrected chi connectivity index (χ4v) is 4.16. The van der Waals surface area contributed by atoms with E-state index in [9.17, 15) is 8.42 Å². The highest BCUT2D eigenvalue weighted by Crippen LogP contribution is 2.23. The number of hydrogen-bond acceptors (Lipinski definition) is 5. The molecule has 0 unspecified atom stereocenters. The summed E-state index contributed by atoms with van der Waals surface area (Å²) in [6, 6.07) is 5.14. The van der Waals surface area contributed by atoms with Gasteiger partial charge in [-0.2, -0.15) is 5.10 Å². The Bertz CT molecular complexity index is 676. The van der Waals surface area contributed by atoms with Gasteiger partial charge in [-0.05, 0) is 38.1 Å². The third-order valence-electron chi connectivity index (χ3n) is 2.83. The van der Waals surface area contributed by atoms with Crippen molar-refractivity contribution in [2.45, 2.75) is 24.0 Å². The van der Waals surface area contributed by atoms with Crippen molar-refractivity contribution in [3.8, 4) is 0 Å². The molecule has 2 heterocycles. The molecule has 0 bridgehead atoms. The van der Waals surface area contributed by atoms with Crippen molar-refractivity contribution >= 4 is 27.2 Å². The minimum atomic E-state index is -3.54. The van der Waals surface area contributed by atoms with Gasteiger partial charge < -0.3 is 5.32 Å². The summed E-state index contributed by atoms with van der Waals surface area (Å²) >= 11 is 1.30. The van der Waals surface area contributed by atoms with E-state index in [4.69, 9.17) is 0 Å². The number of aryl methyl sites for hydroxylation is 1. The van der Waals surface area contributed by atoms with Crippen molar-refractivity contribution in [1.29, 1.82) is 0 Å². The molecular formula is C13H20N4O2S2.